The van der Waals surface area contributed by atoms with Crippen LogP contribution in [0.3, 0.4) is 0 Å². The average Bonchev–Trinajstić information content (AvgIpc) is 2.73. The molecule has 0 bridgehead atoms. The average molecular weight is 324 g/mol. The summed E-state index contributed by atoms with van der Waals surface area (Å²) in [6.07, 6.45) is 0. The number of benzene rings is 2. The van der Waals surface area contributed by atoms with Crippen LogP contribution in [0.25, 0.3) is 0 Å². The standard InChI is InChI=1S/C15H8ClF2NO3/c16-8-5-6-12(22-15(17)18)11(7-8)19-13(20)9-3-1-2-4-10(9)14(19)21/h1-7,15H. The number of hydrogen-bond acceptors (Lipinski definition) is 3. The van der Waals surface area contributed by atoms with Gasteiger partial charge in [-0.1, -0.05) is 23.7 Å². The molecular formula is C15H8ClF2NO3. The Labute approximate surface area is 128 Å². The van der Waals surface area contributed by atoms with Crippen LogP contribution in [0, 0.1) is 0 Å². The number of imide groups is 1. The van der Waals surface area contributed by atoms with E-state index in [2.05, 4.69) is 4.74 Å². The molecule has 3 rings (SSSR count). The van der Waals surface area contributed by atoms with Gasteiger partial charge in [0.15, 0.2) is 0 Å². The number of anilines is 1. The largest absolute Gasteiger partial charge is 0.433 e. The van der Waals surface area contributed by atoms with Crippen LogP contribution in [-0.4, -0.2) is 18.4 Å². The molecule has 1 aliphatic rings. The van der Waals surface area contributed by atoms with Crippen LogP contribution in [0.2, 0.25) is 5.02 Å². The van der Waals surface area contributed by atoms with Gasteiger partial charge in [-0.3, -0.25) is 9.59 Å². The van der Waals surface area contributed by atoms with E-state index in [0.29, 0.717) is 0 Å². The van der Waals surface area contributed by atoms with E-state index >= 15 is 0 Å². The van der Waals surface area contributed by atoms with Gasteiger partial charge in [0.2, 0.25) is 0 Å². The van der Waals surface area contributed by atoms with Gasteiger partial charge < -0.3 is 4.74 Å². The van der Waals surface area contributed by atoms with Crippen LogP contribution in [0.1, 0.15) is 20.7 Å². The molecule has 0 unspecified atom stereocenters. The van der Waals surface area contributed by atoms with E-state index in [9.17, 15) is 18.4 Å². The maximum Gasteiger partial charge on any atom is 0.387 e. The van der Waals surface area contributed by atoms with Gasteiger partial charge in [0, 0.05) is 5.02 Å². The van der Waals surface area contributed by atoms with Crippen molar-refractivity contribution >= 4 is 29.1 Å². The molecule has 0 fully saturated rings. The minimum absolute atomic E-state index is 0.112. The third-order valence-electron chi connectivity index (χ3n) is 3.17. The van der Waals surface area contributed by atoms with E-state index in [1.165, 1.54) is 30.3 Å². The molecule has 0 saturated heterocycles. The maximum atomic E-state index is 12.5. The molecule has 2 amide bonds. The van der Waals surface area contributed by atoms with Crippen LogP contribution >= 0.6 is 11.6 Å². The van der Waals surface area contributed by atoms with E-state index in [1.54, 1.807) is 12.1 Å². The normalized spacial score (nSPS) is 13.7. The number of carbonyl (C=O) groups is 2. The lowest BCUT2D eigenvalue weighted by Gasteiger charge is -2.18. The Morgan fingerprint density at radius 1 is 1.00 bits per heavy atom. The molecule has 2 aromatic carbocycles. The summed E-state index contributed by atoms with van der Waals surface area (Å²) in [4.78, 5) is 25.5. The number of ether oxygens (including phenoxy) is 1. The predicted molar refractivity (Wildman–Crippen MR) is 75.7 cm³/mol. The highest BCUT2D eigenvalue weighted by molar-refractivity contribution is 6.36. The van der Waals surface area contributed by atoms with Crippen molar-refractivity contribution in [3.63, 3.8) is 0 Å². The number of nitrogens with zero attached hydrogens (tertiary/aromatic N) is 1. The van der Waals surface area contributed by atoms with Crippen molar-refractivity contribution in [3.8, 4) is 5.75 Å². The molecule has 0 spiro atoms. The number of fused-ring (bicyclic) bond motifs is 1. The molecule has 7 heteroatoms. The zero-order chi connectivity index (χ0) is 15.9. The summed E-state index contributed by atoms with van der Waals surface area (Å²) >= 11 is 5.85. The maximum absolute atomic E-state index is 12.5. The van der Waals surface area contributed by atoms with Crippen molar-refractivity contribution in [2.45, 2.75) is 6.61 Å². The van der Waals surface area contributed by atoms with Crippen molar-refractivity contribution in [2.75, 3.05) is 4.90 Å². The second-order valence-electron chi connectivity index (χ2n) is 4.48. The monoisotopic (exact) mass is 323 g/mol. The molecular weight excluding hydrogens is 316 g/mol. The zero-order valence-electron chi connectivity index (χ0n) is 10.9. The Hall–Kier alpha value is -2.47. The SMILES string of the molecule is O=C1c2ccccc2C(=O)N1c1cc(Cl)ccc1OC(F)F. The summed E-state index contributed by atoms with van der Waals surface area (Å²) in [5.41, 5.74) is 0.296. The van der Waals surface area contributed by atoms with Crippen molar-refractivity contribution in [3.05, 3.63) is 58.6 Å². The van der Waals surface area contributed by atoms with Crippen molar-refractivity contribution in [1.29, 1.82) is 0 Å². The second-order valence-corrected chi connectivity index (χ2v) is 4.92. The highest BCUT2D eigenvalue weighted by Crippen LogP contribution is 2.37. The van der Waals surface area contributed by atoms with Gasteiger partial charge in [-0.15, -0.1) is 0 Å². The molecule has 0 radical (unpaired) electrons. The minimum Gasteiger partial charge on any atom is -0.433 e. The van der Waals surface area contributed by atoms with Crippen molar-refractivity contribution < 1.29 is 23.1 Å². The fourth-order valence-electron chi connectivity index (χ4n) is 2.27. The third kappa shape index (κ3) is 2.31. The Morgan fingerprint density at radius 2 is 1.59 bits per heavy atom. The van der Waals surface area contributed by atoms with Gasteiger partial charge in [0.1, 0.15) is 5.75 Å². The Bertz CT molecular complexity index is 744. The molecule has 112 valence electrons. The zero-order valence-corrected chi connectivity index (χ0v) is 11.7. The number of rotatable bonds is 3. The lowest BCUT2D eigenvalue weighted by Crippen LogP contribution is -2.30. The summed E-state index contributed by atoms with van der Waals surface area (Å²) in [7, 11) is 0. The van der Waals surface area contributed by atoms with Crippen LogP contribution in [0.15, 0.2) is 42.5 Å². The van der Waals surface area contributed by atoms with Crippen molar-refractivity contribution in [2.24, 2.45) is 0 Å². The smallest absolute Gasteiger partial charge is 0.387 e. The van der Waals surface area contributed by atoms with E-state index in [4.69, 9.17) is 11.6 Å². The first kappa shape index (κ1) is 14.5. The second kappa shape index (κ2) is 5.38. The van der Waals surface area contributed by atoms with Crippen LogP contribution in [0.5, 0.6) is 5.75 Å². The minimum atomic E-state index is -3.09. The van der Waals surface area contributed by atoms with E-state index in [-0.39, 0.29) is 27.6 Å². The molecule has 0 atom stereocenters. The number of alkyl halides is 2. The third-order valence-corrected chi connectivity index (χ3v) is 3.41. The quantitative estimate of drug-likeness (QED) is 0.808. The first-order chi connectivity index (χ1) is 10.5. The first-order valence-electron chi connectivity index (χ1n) is 6.21. The Balaban J connectivity index is 2.11. The summed E-state index contributed by atoms with van der Waals surface area (Å²) < 4.78 is 29.4. The molecule has 0 aromatic heterocycles. The first-order valence-corrected chi connectivity index (χ1v) is 6.59. The lowest BCUT2D eigenvalue weighted by molar-refractivity contribution is -0.0495. The molecule has 0 saturated carbocycles. The molecule has 4 nitrogen and oxygen atoms in total. The number of carbonyl (C=O) groups excluding carboxylic acids is 2. The summed E-state index contributed by atoms with van der Waals surface area (Å²) in [6, 6.07) is 9.97. The highest BCUT2D eigenvalue weighted by atomic mass is 35.5. The van der Waals surface area contributed by atoms with Gasteiger partial charge >= 0.3 is 6.61 Å². The fourth-order valence-corrected chi connectivity index (χ4v) is 2.44. The van der Waals surface area contributed by atoms with Gasteiger partial charge in [0.05, 0.1) is 16.8 Å². The number of hydrogen-bond donors (Lipinski definition) is 0. The summed E-state index contributed by atoms with van der Waals surface area (Å²) in [5.74, 6) is -1.52. The van der Waals surface area contributed by atoms with Gasteiger partial charge in [-0.2, -0.15) is 8.78 Å². The predicted octanol–water partition coefficient (Wildman–Crippen LogP) is 3.74. The number of amides is 2. The van der Waals surface area contributed by atoms with Gasteiger partial charge in [-0.25, -0.2) is 4.90 Å². The van der Waals surface area contributed by atoms with Crippen LogP contribution in [-0.2, 0) is 0 Å². The number of halogens is 3. The van der Waals surface area contributed by atoms with Gasteiger partial charge in [-0.05, 0) is 30.3 Å². The molecule has 2 aromatic rings. The molecule has 22 heavy (non-hydrogen) atoms. The van der Waals surface area contributed by atoms with Gasteiger partial charge in [0.25, 0.3) is 11.8 Å². The van der Waals surface area contributed by atoms with E-state index in [1.807, 2.05) is 0 Å². The molecule has 0 aliphatic carbocycles. The van der Waals surface area contributed by atoms with E-state index in [0.717, 1.165) is 4.90 Å². The highest BCUT2D eigenvalue weighted by Gasteiger charge is 2.38. The topological polar surface area (TPSA) is 46.6 Å². The lowest BCUT2D eigenvalue weighted by atomic mass is 10.1. The molecule has 1 aliphatic heterocycles. The Kier molecular flexibility index (Phi) is 3.54. The van der Waals surface area contributed by atoms with E-state index < -0.39 is 18.4 Å². The fraction of sp³-hybridized carbons (Fsp3) is 0.0667. The van der Waals surface area contributed by atoms with Crippen LogP contribution in [0.4, 0.5) is 14.5 Å². The van der Waals surface area contributed by atoms with Crippen molar-refractivity contribution in [1.82, 2.24) is 0 Å². The van der Waals surface area contributed by atoms with Crippen LogP contribution < -0.4 is 9.64 Å². The summed E-state index contributed by atoms with van der Waals surface area (Å²) in [5, 5.41) is 0.188. The Morgan fingerprint density at radius 3 is 2.14 bits per heavy atom. The molecule has 0 N–H and O–H groups in total. The molecule has 1 heterocycles. The summed E-state index contributed by atoms with van der Waals surface area (Å²) in [6.45, 7) is -3.09.